The maximum absolute atomic E-state index is 5.65. The SMILES string of the molecule is COCCOCCOCCN1CCCC(C2CCCN2)C1. The summed E-state index contributed by atoms with van der Waals surface area (Å²) in [4.78, 5) is 2.57. The van der Waals surface area contributed by atoms with Gasteiger partial charge in [-0.2, -0.15) is 0 Å². The van der Waals surface area contributed by atoms with Crippen LogP contribution in [0.15, 0.2) is 0 Å². The van der Waals surface area contributed by atoms with E-state index in [1.807, 2.05) is 0 Å². The van der Waals surface area contributed by atoms with E-state index in [0.29, 0.717) is 26.4 Å². The van der Waals surface area contributed by atoms with Crippen LogP contribution in [-0.2, 0) is 14.2 Å². The van der Waals surface area contributed by atoms with Gasteiger partial charge in [0.1, 0.15) is 0 Å². The van der Waals surface area contributed by atoms with Crippen LogP contribution in [0.5, 0.6) is 0 Å². The van der Waals surface area contributed by atoms with E-state index >= 15 is 0 Å². The predicted octanol–water partition coefficient (Wildman–Crippen LogP) is 1.13. The average molecular weight is 300 g/mol. The minimum atomic E-state index is 0.655. The van der Waals surface area contributed by atoms with Gasteiger partial charge in [-0.05, 0) is 44.7 Å². The molecule has 0 spiro atoms. The van der Waals surface area contributed by atoms with Crippen LogP contribution in [0.3, 0.4) is 0 Å². The van der Waals surface area contributed by atoms with Gasteiger partial charge < -0.3 is 24.4 Å². The van der Waals surface area contributed by atoms with E-state index in [1.165, 1.54) is 45.3 Å². The molecule has 2 rings (SSSR count). The van der Waals surface area contributed by atoms with Gasteiger partial charge in [0.2, 0.25) is 0 Å². The summed E-state index contributed by atoms with van der Waals surface area (Å²) >= 11 is 0. The number of rotatable bonds is 10. The van der Waals surface area contributed by atoms with Gasteiger partial charge >= 0.3 is 0 Å². The summed E-state index contributed by atoms with van der Waals surface area (Å²) in [5, 5.41) is 3.66. The zero-order chi connectivity index (χ0) is 14.8. The van der Waals surface area contributed by atoms with Crippen molar-refractivity contribution in [2.45, 2.75) is 31.7 Å². The van der Waals surface area contributed by atoms with Crippen LogP contribution in [0.1, 0.15) is 25.7 Å². The molecule has 0 aromatic heterocycles. The fourth-order valence-corrected chi connectivity index (χ4v) is 3.39. The Balaban J connectivity index is 1.48. The molecule has 1 N–H and O–H groups in total. The third-order valence-electron chi connectivity index (χ3n) is 4.57. The van der Waals surface area contributed by atoms with Gasteiger partial charge in [0.25, 0.3) is 0 Å². The zero-order valence-electron chi connectivity index (χ0n) is 13.5. The van der Waals surface area contributed by atoms with E-state index in [0.717, 1.165) is 25.1 Å². The fourth-order valence-electron chi connectivity index (χ4n) is 3.39. The van der Waals surface area contributed by atoms with Gasteiger partial charge in [-0.25, -0.2) is 0 Å². The van der Waals surface area contributed by atoms with E-state index in [-0.39, 0.29) is 0 Å². The highest BCUT2D eigenvalue weighted by Gasteiger charge is 2.28. The van der Waals surface area contributed by atoms with E-state index in [1.54, 1.807) is 7.11 Å². The van der Waals surface area contributed by atoms with Crippen LogP contribution in [0.2, 0.25) is 0 Å². The van der Waals surface area contributed by atoms with Gasteiger partial charge in [0.05, 0.1) is 33.0 Å². The van der Waals surface area contributed by atoms with Crippen molar-refractivity contribution in [3.05, 3.63) is 0 Å². The van der Waals surface area contributed by atoms with Crippen molar-refractivity contribution in [1.29, 1.82) is 0 Å². The first-order chi connectivity index (χ1) is 10.4. The van der Waals surface area contributed by atoms with Gasteiger partial charge in [-0.1, -0.05) is 0 Å². The number of piperidine rings is 1. The molecule has 0 aromatic rings. The maximum Gasteiger partial charge on any atom is 0.0701 e. The molecule has 21 heavy (non-hydrogen) atoms. The summed E-state index contributed by atoms with van der Waals surface area (Å²) in [5.41, 5.74) is 0. The highest BCUT2D eigenvalue weighted by molar-refractivity contribution is 4.86. The third kappa shape index (κ3) is 6.61. The number of ether oxygens (including phenoxy) is 3. The standard InChI is InChI=1S/C16H32N2O3/c1-19-10-11-21-13-12-20-9-8-18-7-3-4-15(14-18)16-5-2-6-17-16/h15-17H,2-14H2,1H3. The summed E-state index contributed by atoms with van der Waals surface area (Å²) in [6.07, 6.45) is 5.45. The lowest BCUT2D eigenvalue weighted by molar-refractivity contribution is 0.0159. The fraction of sp³-hybridized carbons (Fsp3) is 1.00. The van der Waals surface area contributed by atoms with Crippen LogP contribution in [-0.4, -0.2) is 77.3 Å². The highest BCUT2D eigenvalue weighted by atomic mass is 16.5. The van der Waals surface area contributed by atoms with Gasteiger partial charge in [0.15, 0.2) is 0 Å². The van der Waals surface area contributed by atoms with Crippen molar-refractivity contribution in [1.82, 2.24) is 10.2 Å². The van der Waals surface area contributed by atoms with E-state index < -0.39 is 0 Å². The molecule has 5 nitrogen and oxygen atoms in total. The number of hydrogen-bond donors (Lipinski definition) is 1. The molecule has 2 fully saturated rings. The second-order valence-electron chi connectivity index (χ2n) is 6.12. The number of methoxy groups -OCH3 is 1. The molecule has 2 unspecified atom stereocenters. The minimum Gasteiger partial charge on any atom is -0.382 e. The van der Waals surface area contributed by atoms with Crippen molar-refractivity contribution in [3.63, 3.8) is 0 Å². The minimum absolute atomic E-state index is 0.655. The molecule has 0 amide bonds. The summed E-state index contributed by atoms with van der Waals surface area (Å²) in [6.45, 7) is 8.23. The molecule has 2 aliphatic heterocycles. The monoisotopic (exact) mass is 300 g/mol. The Morgan fingerprint density at radius 3 is 2.57 bits per heavy atom. The Morgan fingerprint density at radius 2 is 1.81 bits per heavy atom. The molecule has 124 valence electrons. The van der Waals surface area contributed by atoms with Gasteiger partial charge in [-0.3, -0.25) is 0 Å². The summed E-state index contributed by atoms with van der Waals surface area (Å²) < 4.78 is 16.0. The Kier molecular flexibility index (Phi) is 8.59. The predicted molar refractivity (Wildman–Crippen MR) is 83.7 cm³/mol. The normalized spacial score (nSPS) is 27.3. The molecule has 5 heteroatoms. The first kappa shape index (κ1) is 17.2. The Hall–Kier alpha value is -0.200. The van der Waals surface area contributed by atoms with Crippen molar-refractivity contribution >= 4 is 0 Å². The average Bonchev–Trinajstić information content (AvgIpc) is 3.05. The molecular formula is C16H32N2O3. The molecular weight excluding hydrogens is 268 g/mol. The summed E-state index contributed by atoms with van der Waals surface area (Å²) in [6, 6.07) is 0.767. The lowest BCUT2D eigenvalue weighted by Crippen LogP contribution is -2.44. The molecule has 2 aliphatic rings. The van der Waals surface area contributed by atoms with Gasteiger partial charge in [-0.15, -0.1) is 0 Å². The zero-order valence-corrected chi connectivity index (χ0v) is 13.5. The van der Waals surface area contributed by atoms with Crippen LogP contribution in [0.4, 0.5) is 0 Å². The Bertz CT molecular complexity index is 260. The van der Waals surface area contributed by atoms with Crippen LogP contribution >= 0.6 is 0 Å². The van der Waals surface area contributed by atoms with Crippen molar-refractivity contribution < 1.29 is 14.2 Å². The molecule has 0 radical (unpaired) electrons. The second kappa shape index (κ2) is 10.5. The third-order valence-corrected chi connectivity index (χ3v) is 4.57. The molecule has 0 aliphatic carbocycles. The largest absolute Gasteiger partial charge is 0.382 e. The summed E-state index contributed by atoms with van der Waals surface area (Å²) in [5.74, 6) is 0.846. The molecule has 0 saturated carbocycles. The number of nitrogens with zero attached hydrogens (tertiary/aromatic N) is 1. The summed E-state index contributed by atoms with van der Waals surface area (Å²) in [7, 11) is 1.69. The lowest BCUT2D eigenvalue weighted by Gasteiger charge is -2.35. The molecule has 2 atom stereocenters. The topological polar surface area (TPSA) is 43.0 Å². The van der Waals surface area contributed by atoms with Crippen molar-refractivity contribution in [2.24, 2.45) is 5.92 Å². The quantitative estimate of drug-likeness (QED) is 0.613. The molecule has 0 aromatic carbocycles. The van der Waals surface area contributed by atoms with Gasteiger partial charge in [0, 0.05) is 26.2 Å². The maximum atomic E-state index is 5.65. The van der Waals surface area contributed by atoms with E-state index in [4.69, 9.17) is 14.2 Å². The van der Waals surface area contributed by atoms with Crippen molar-refractivity contribution in [2.75, 3.05) is 66.3 Å². The number of hydrogen-bond acceptors (Lipinski definition) is 5. The number of likely N-dealkylation sites (tertiary alicyclic amines) is 1. The van der Waals surface area contributed by atoms with E-state index in [9.17, 15) is 0 Å². The van der Waals surface area contributed by atoms with Crippen LogP contribution in [0, 0.1) is 5.92 Å². The van der Waals surface area contributed by atoms with Crippen LogP contribution < -0.4 is 5.32 Å². The van der Waals surface area contributed by atoms with E-state index in [2.05, 4.69) is 10.2 Å². The first-order valence-electron chi connectivity index (χ1n) is 8.50. The molecule has 0 bridgehead atoms. The molecule has 2 saturated heterocycles. The smallest absolute Gasteiger partial charge is 0.0701 e. The van der Waals surface area contributed by atoms with Crippen LogP contribution in [0.25, 0.3) is 0 Å². The Morgan fingerprint density at radius 1 is 1.00 bits per heavy atom. The Labute approximate surface area is 129 Å². The highest BCUT2D eigenvalue weighted by Crippen LogP contribution is 2.24. The second-order valence-corrected chi connectivity index (χ2v) is 6.12. The first-order valence-corrected chi connectivity index (χ1v) is 8.50. The van der Waals surface area contributed by atoms with Crippen molar-refractivity contribution in [3.8, 4) is 0 Å². The lowest BCUT2D eigenvalue weighted by atomic mass is 9.90. The number of nitrogens with one attached hydrogen (secondary N) is 1. The molecule has 2 heterocycles.